The van der Waals surface area contributed by atoms with Crippen molar-refractivity contribution in [3.8, 4) is 0 Å². The normalized spacial score (nSPS) is 12.3. The van der Waals surface area contributed by atoms with Gasteiger partial charge in [0, 0.05) is 6.54 Å². The van der Waals surface area contributed by atoms with E-state index in [1.807, 2.05) is 13.8 Å². The Labute approximate surface area is 97.1 Å². The number of carbonyl (C=O) groups is 2. The van der Waals surface area contributed by atoms with Gasteiger partial charge in [-0.1, -0.05) is 13.8 Å². The van der Waals surface area contributed by atoms with E-state index < -0.39 is 0 Å². The first-order valence-corrected chi connectivity index (χ1v) is 5.65. The summed E-state index contributed by atoms with van der Waals surface area (Å²) in [6, 6.07) is -0.310. The van der Waals surface area contributed by atoms with Crippen molar-refractivity contribution in [1.29, 1.82) is 0 Å². The Balaban J connectivity index is 4.23. The maximum Gasteiger partial charge on any atom is 0.319 e. The van der Waals surface area contributed by atoms with E-state index in [1.165, 1.54) is 7.11 Å². The van der Waals surface area contributed by atoms with Gasteiger partial charge in [-0.15, -0.1) is 0 Å². The smallest absolute Gasteiger partial charge is 0.319 e. The second kappa shape index (κ2) is 8.10. The minimum Gasteiger partial charge on any atom is -0.468 e. The number of carbonyl (C=O) groups excluding carboxylic acids is 2. The number of hydrogen-bond donors (Lipinski definition) is 1. The van der Waals surface area contributed by atoms with E-state index in [1.54, 1.807) is 11.8 Å². The maximum atomic E-state index is 11.7. The zero-order valence-corrected chi connectivity index (χ0v) is 10.6. The first-order chi connectivity index (χ1) is 7.56. The highest BCUT2D eigenvalue weighted by Crippen LogP contribution is 1.99. The van der Waals surface area contributed by atoms with Gasteiger partial charge in [-0.2, -0.15) is 0 Å². The number of nitrogens with zero attached hydrogens (tertiary/aromatic N) is 1. The topological polar surface area (TPSA) is 58.6 Å². The molecule has 5 nitrogen and oxygen atoms in total. The molecule has 0 aliphatic carbocycles. The van der Waals surface area contributed by atoms with Gasteiger partial charge in [-0.05, 0) is 19.9 Å². The second-order valence-corrected chi connectivity index (χ2v) is 3.61. The average molecular weight is 230 g/mol. The standard InChI is InChI=1S/C11H22N2O3/c1-5-7-12-11(15)9(3)13(6-2)8-10(14)16-4/h9H,5-8H2,1-4H3,(H,12,15). The summed E-state index contributed by atoms with van der Waals surface area (Å²) in [5.41, 5.74) is 0. The van der Waals surface area contributed by atoms with E-state index in [9.17, 15) is 9.59 Å². The Morgan fingerprint density at radius 1 is 1.38 bits per heavy atom. The molecule has 0 saturated heterocycles. The molecule has 1 N–H and O–H groups in total. The van der Waals surface area contributed by atoms with Crippen LogP contribution in [0.25, 0.3) is 0 Å². The first kappa shape index (κ1) is 14.9. The number of methoxy groups -OCH3 is 1. The Hall–Kier alpha value is -1.10. The Kier molecular flexibility index (Phi) is 7.54. The summed E-state index contributed by atoms with van der Waals surface area (Å²) in [6.45, 7) is 7.14. The Bertz CT molecular complexity index is 231. The molecule has 0 radical (unpaired) electrons. The van der Waals surface area contributed by atoms with E-state index in [4.69, 9.17) is 0 Å². The molecule has 0 aromatic carbocycles. The summed E-state index contributed by atoms with van der Waals surface area (Å²) in [7, 11) is 1.35. The number of rotatable bonds is 7. The molecule has 94 valence electrons. The molecule has 0 fully saturated rings. The van der Waals surface area contributed by atoms with Gasteiger partial charge in [0.2, 0.25) is 5.91 Å². The van der Waals surface area contributed by atoms with Gasteiger partial charge in [-0.25, -0.2) is 0 Å². The summed E-state index contributed by atoms with van der Waals surface area (Å²) in [5.74, 6) is -0.371. The third-order valence-corrected chi connectivity index (χ3v) is 2.44. The van der Waals surface area contributed by atoms with E-state index in [-0.39, 0.29) is 24.5 Å². The molecular weight excluding hydrogens is 208 g/mol. The lowest BCUT2D eigenvalue weighted by molar-refractivity contribution is -0.143. The Morgan fingerprint density at radius 2 is 2.00 bits per heavy atom. The van der Waals surface area contributed by atoms with Crippen molar-refractivity contribution < 1.29 is 14.3 Å². The minimum atomic E-state index is -0.322. The van der Waals surface area contributed by atoms with Crippen molar-refractivity contribution in [3.63, 3.8) is 0 Å². The Morgan fingerprint density at radius 3 is 2.44 bits per heavy atom. The summed E-state index contributed by atoms with van der Waals surface area (Å²) < 4.78 is 4.58. The van der Waals surface area contributed by atoms with Gasteiger partial charge in [0.25, 0.3) is 0 Å². The number of esters is 1. The zero-order chi connectivity index (χ0) is 12.6. The number of hydrogen-bond acceptors (Lipinski definition) is 4. The monoisotopic (exact) mass is 230 g/mol. The fraction of sp³-hybridized carbons (Fsp3) is 0.818. The van der Waals surface area contributed by atoms with Crippen LogP contribution in [0, 0.1) is 0 Å². The van der Waals surface area contributed by atoms with Gasteiger partial charge >= 0.3 is 5.97 Å². The van der Waals surface area contributed by atoms with Crippen LogP contribution in [0.5, 0.6) is 0 Å². The first-order valence-electron chi connectivity index (χ1n) is 5.65. The van der Waals surface area contributed by atoms with Crippen molar-refractivity contribution in [1.82, 2.24) is 10.2 Å². The fourth-order valence-corrected chi connectivity index (χ4v) is 1.31. The SMILES string of the molecule is CCCNC(=O)C(C)N(CC)CC(=O)OC. The molecule has 0 aliphatic heterocycles. The van der Waals surface area contributed by atoms with Crippen LogP contribution in [-0.2, 0) is 14.3 Å². The van der Waals surface area contributed by atoms with Gasteiger partial charge in [-0.3, -0.25) is 14.5 Å². The van der Waals surface area contributed by atoms with Crippen molar-refractivity contribution in [3.05, 3.63) is 0 Å². The molecule has 0 aromatic rings. The maximum absolute atomic E-state index is 11.7. The van der Waals surface area contributed by atoms with Crippen molar-refractivity contribution >= 4 is 11.9 Å². The molecule has 0 bridgehead atoms. The van der Waals surface area contributed by atoms with E-state index in [2.05, 4.69) is 10.1 Å². The van der Waals surface area contributed by atoms with Crippen LogP contribution in [-0.4, -0.2) is 49.6 Å². The lowest BCUT2D eigenvalue weighted by Gasteiger charge is -2.25. The molecule has 1 amide bonds. The van der Waals surface area contributed by atoms with Crippen LogP contribution in [0.3, 0.4) is 0 Å². The van der Waals surface area contributed by atoms with Gasteiger partial charge < -0.3 is 10.1 Å². The van der Waals surface area contributed by atoms with Crippen molar-refractivity contribution in [2.45, 2.75) is 33.2 Å². The molecule has 16 heavy (non-hydrogen) atoms. The number of nitrogens with one attached hydrogen (secondary N) is 1. The van der Waals surface area contributed by atoms with Crippen molar-refractivity contribution in [2.24, 2.45) is 0 Å². The highest BCUT2D eigenvalue weighted by atomic mass is 16.5. The third-order valence-electron chi connectivity index (χ3n) is 2.44. The van der Waals surface area contributed by atoms with Gasteiger partial charge in [0.15, 0.2) is 0 Å². The van der Waals surface area contributed by atoms with Crippen LogP contribution in [0.4, 0.5) is 0 Å². The second-order valence-electron chi connectivity index (χ2n) is 3.61. The quantitative estimate of drug-likeness (QED) is 0.643. The van der Waals surface area contributed by atoms with E-state index in [0.717, 1.165) is 6.42 Å². The molecular formula is C11H22N2O3. The van der Waals surface area contributed by atoms with Crippen LogP contribution >= 0.6 is 0 Å². The van der Waals surface area contributed by atoms with Gasteiger partial charge in [0.05, 0.1) is 19.7 Å². The predicted molar refractivity (Wildman–Crippen MR) is 62.0 cm³/mol. The number of ether oxygens (including phenoxy) is 1. The highest BCUT2D eigenvalue weighted by molar-refractivity contribution is 5.82. The van der Waals surface area contributed by atoms with Crippen molar-refractivity contribution in [2.75, 3.05) is 26.7 Å². The molecule has 1 atom stereocenters. The summed E-state index contributed by atoms with van der Waals surface area (Å²) in [6.07, 6.45) is 0.904. The average Bonchev–Trinajstić information content (AvgIpc) is 2.31. The van der Waals surface area contributed by atoms with E-state index >= 15 is 0 Å². The third kappa shape index (κ3) is 5.11. The summed E-state index contributed by atoms with van der Waals surface area (Å²) in [5, 5.41) is 2.81. The molecule has 0 aromatic heterocycles. The molecule has 0 saturated carbocycles. The molecule has 0 spiro atoms. The summed E-state index contributed by atoms with van der Waals surface area (Å²) in [4.78, 5) is 24.6. The molecule has 0 rings (SSSR count). The fourth-order valence-electron chi connectivity index (χ4n) is 1.31. The molecule has 5 heteroatoms. The number of amides is 1. The lowest BCUT2D eigenvalue weighted by Crippen LogP contribution is -2.47. The van der Waals surface area contributed by atoms with Crippen LogP contribution in [0.1, 0.15) is 27.2 Å². The largest absolute Gasteiger partial charge is 0.468 e. The van der Waals surface area contributed by atoms with Gasteiger partial charge in [0.1, 0.15) is 0 Å². The van der Waals surface area contributed by atoms with E-state index in [0.29, 0.717) is 13.1 Å². The summed E-state index contributed by atoms with van der Waals surface area (Å²) >= 11 is 0. The minimum absolute atomic E-state index is 0.0485. The molecule has 0 aliphatic rings. The zero-order valence-electron chi connectivity index (χ0n) is 10.6. The van der Waals surface area contributed by atoms with Crippen LogP contribution in [0.15, 0.2) is 0 Å². The lowest BCUT2D eigenvalue weighted by atomic mass is 10.2. The van der Waals surface area contributed by atoms with Crippen LogP contribution < -0.4 is 5.32 Å². The molecule has 0 heterocycles. The predicted octanol–water partition coefficient (Wildman–Crippen LogP) is 0.396. The molecule has 1 unspecified atom stereocenters. The number of likely N-dealkylation sites (N-methyl/N-ethyl adjacent to an activating group) is 1. The van der Waals surface area contributed by atoms with Crippen LogP contribution in [0.2, 0.25) is 0 Å². The highest BCUT2D eigenvalue weighted by Gasteiger charge is 2.21.